The van der Waals surface area contributed by atoms with Crippen LogP contribution in [-0.2, 0) is 0 Å². The highest BCUT2D eigenvalue weighted by atomic mass is 35.5. The van der Waals surface area contributed by atoms with Gasteiger partial charge in [0.25, 0.3) is 0 Å². The van der Waals surface area contributed by atoms with Crippen molar-refractivity contribution in [1.82, 2.24) is 9.55 Å². The van der Waals surface area contributed by atoms with E-state index in [1.54, 1.807) is 24.3 Å². The van der Waals surface area contributed by atoms with E-state index in [9.17, 15) is 0 Å². The summed E-state index contributed by atoms with van der Waals surface area (Å²) in [6.45, 7) is 0. The fourth-order valence-electron chi connectivity index (χ4n) is 1.83. The van der Waals surface area contributed by atoms with Gasteiger partial charge in [0, 0.05) is 22.2 Å². The maximum atomic E-state index is 6.06. The third-order valence-electron chi connectivity index (χ3n) is 2.77. The summed E-state index contributed by atoms with van der Waals surface area (Å²) in [6, 6.07) is 13.8. The van der Waals surface area contributed by atoms with E-state index in [4.69, 9.17) is 23.2 Å². The minimum Gasteiger partial charge on any atom is -0.305 e. The van der Waals surface area contributed by atoms with E-state index in [0.29, 0.717) is 10.0 Å². The molecule has 1 heterocycles. The molecule has 0 aliphatic carbocycles. The second-order valence-corrected chi connectivity index (χ2v) is 6.05. The summed E-state index contributed by atoms with van der Waals surface area (Å²) in [5.74, 6) is 0. The Morgan fingerprint density at radius 3 is 2.60 bits per heavy atom. The van der Waals surface area contributed by atoms with E-state index >= 15 is 0 Å². The Kier molecular flexibility index (Phi) is 4.01. The standard InChI is InChI=1S/C15H10Cl2N2S/c16-12-6-5-11(9-13(12)17)20-15-4-2-1-3-14(15)19-8-7-18-10-19/h1-10H. The molecular weight excluding hydrogens is 311 g/mol. The number of imidazole rings is 1. The highest BCUT2D eigenvalue weighted by molar-refractivity contribution is 7.99. The van der Waals surface area contributed by atoms with Gasteiger partial charge >= 0.3 is 0 Å². The maximum Gasteiger partial charge on any atom is 0.0992 e. The van der Waals surface area contributed by atoms with Crippen molar-refractivity contribution >= 4 is 35.0 Å². The number of aromatic nitrogens is 2. The van der Waals surface area contributed by atoms with Gasteiger partial charge in [-0.3, -0.25) is 0 Å². The molecule has 0 radical (unpaired) electrons. The minimum atomic E-state index is 0.566. The molecule has 0 aliphatic rings. The molecule has 0 amide bonds. The molecule has 0 atom stereocenters. The predicted octanol–water partition coefficient (Wildman–Crippen LogP) is 5.33. The van der Waals surface area contributed by atoms with Crippen LogP contribution in [0.4, 0.5) is 0 Å². The van der Waals surface area contributed by atoms with E-state index in [-0.39, 0.29) is 0 Å². The molecule has 0 saturated carbocycles. The monoisotopic (exact) mass is 320 g/mol. The molecule has 0 aliphatic heterocycles. The summed E-state index contributed by atoms with van der Waals surface area (Å²) in [7, 11) is 0. The summed E-state index contributed by atoms with van der Waals surface area (Å²) in [5.41, 5.74) is 1.08. The molecule has 2 aromatic carbocycles. The van der Waals surface area contributed by atoms with Crippen LogP contribution in [-0.4, -0.2) is 9.55 Å². The maximum absolute atomic E-state index is 6.06. The van der Waals surface area contributed by atoms with E-state index in [0.717, 1.165) is 15.5 Å². The number of halogens is 2. The molecule has 0 unspecified atom stereocenters. The number of nitrogens with zero attached hydrogens (tertiary/aromatic N) is 2. The first-order valence-electron chi connectivity index (χ1n) is 5.94. The van der Waals surface area contributed by atoms with Gasteiger partial charge in [-0.1, -0.05) is 47.1 Å². The fraction of sp³-hybridized carbons (Fsp3) is 0. The third-order valence-corrected chi connectivity index (χ3v) is 4.56. The summed E-state index contributed by atoms with van der Waals surface area (Å²) in [4.78, 5) is 6.26. The number of hydrogen-bond acceptors (Lipinski definition) is 2. The van der Waals surface area contributed by atoms with Gasteiger partial charge in [0.15, 0.2) is 0 Å². The van der Waals surface area contributed by atoms with E-state index in [1.807, 2.05) is 41.1 Å². The molecule has 0 spiro atoms. The van der Waals surface area contributed by atoms with Gasteiger partial charge in [-0.2, -0.15) is 0 Å². The Morgan fingerprint density at radius 2 is 1.85 bits per heavy atom. The lowest BCUT2D eigenvalue weighted by molar-refractivity contribution is 1.02. The molecule has 0 saturated heterocycles. The van der Waals surface area contributed by atoms with Gasteiger partial charge in [0.2, 0.25) is 0 Å². The van der Waals surface area contributed by atoms with Gasteiger partial charge < -0.3 is 4.57 Å². The van der Waals surface area contributed by atoms with Gasteiger partial charge in [-0.25, -0.2) is 4.98 Å². The van der Waals surface area contributed by atoms with Crippen molar-refractivity contribution in [2.24, 2.45) is 0 Å². The number of benzene rings is 2. The van der Waals surface area contributed by atoms with Crippen molar-refractivity contribution in [1.29, 1.82) is 0 Å². The molecule has 0 N–H and O–H groups in total. The fourth-order valence-corrected chi connectivity index (χ4v) is 3.18. The molecule has 0 bridgehead atoms. The van der Waals surface area contributed by atoms with Crippen LogP contribution < -0.4 is 0 Å². The highest BCUT2D eigenvalue weighted by Gasteiger charge is 2.07. The lowest BCUT2D eigenvalue weighted by Gasteiger charge is -2.10. The Morgan fingerprint density at radius 1 is 1.00 bits per heavy atom. The Labute approximate surface area is 131 Å². The average Bonchev–Trinajstić information content (AvgIpc) is 2.97. The molecule has 100 valence electrons. The zero-order chi connectivity index (χ0) is 13.9. The van der Waals surface area contributed by atoms with Crippen LogP contribution in [0.3, 0.4) is 0 Å². The Bertz CT molecular complexity index is 726. The van der Waals surface area contributed by atoms with E-state index in [1.165, 1.54) is 0 Å². The molecule has 5 heteroatoms. The van der Waals surface area contributed by atoms with Crippen LogP contribution >= 0.6 is 35.0 Å². The van der Waals surface area contributed by atoms with Crippen LogP contribution in [0, 0.1) is 0 Å². The van der Waals surface area contributed by atoms with Crippen LogP contribution in [0.25, 0.3) is 5.69 Å². The Balaban J connectivity index is 1.97. The van der Waals surface area contributed by atoms with Crippen molar-refractivity contribution in [3.05, 3.63) is 71.2 Å². The van der Waals surface area contributed by atoms with E-state index in [2.05, 4.69) is 17.1 Å². The topological polar surface area (TPSA) is 17.8 Å². The number of hydrogen-bond donors (Lipinski definition) is 0. The Hall–Kier alpha value is -1.42. The second-order valence-electron chi connectivity index (χ2n) is 4.12. The first kappa shape index (κ1) is 13.6. The second kappa shape index (κ2) is 5.92. The zero-order valence-corrected chi connectivity index (χ0v) is 12.7. The van der Waals surface area contributed by atoms with Crippen molar-refractivity contribution in [2.75, 3.05) is 0 Å². The molecule has 3 rings (SSSR count). The van der Waals surface area contributed by atoms with E-state index < -0.39 is 0 Å². The molecule has 2 nitrogen and oxygen atoms in total. The highest BCUT2D eigenvalue weighted by Crippen LogP contribution is 2.35. The van der Waals surface area contributed by atoms with Crippen molar-refractivity contribution in [3.8, 4) is 5.69 Å². The first-order valence-corrected chi connectivity index (χ1v) is 7.51. The lowest BCUT2D eigenvalue weighted by Crippen LogP contribution is -1.92. The number of rotatable bonds is 3. The molecule has 1 aromatic heterocycles. The number of para-hydroxylation sites is 1. The lowest BCUT2D eigenvalue weighted by atomic mass is 10.3. The molecule has 20 heavy (non-hydrogen) atoms. The normalized spacial score (nSPS) is 10.7. The summed E-state index contributed by atoms with van der Waals surface area (Å²) in [6.07, 6.45) is 5.48. The third kappa shape index (κ3) is 2.85. The first-order chi connectivity index (χ1) is 9.74. The average molecular weight is 321 g/mol. The van der Waals surface area contributed by atoms with Crippen molar-refractivity contribution in [2.45, 2.75) is 9.79 Å². The largest absolute Gasteiger partial charge is 0.305 e. The molecular formula is C15H10Cl2N2S. The van der Waals surface area contributed by atoms with Gasteiger partial charge in [0.1, 0.15) is 0 Å². The van der Waals surface area contributed by atoms with Gasteiger partial charge in [0.05, 0.1) is 22.1 Å². The molecule has 0 fully saturated rings. The summed E-state index contributed by atoms with van der Waals surface area (Å²) in [5, 5.41) is 1.13. The SMILES string of the molecule is Clc1ccc(Sc2ccccc2-n2ccnc2)cc1Cl. The van der Waals surface area contributed by atoms with Crippen molar-refractivity contribution in [3.63, 3.8) is 0 Å². The molecule has 3 aromatic rings. The predicted molar refractivity (Wildman–Crippen MR) is 84.1 cm³/mol. The minimum absolute atomic E-state index is 0.566. The van der Waals surface area contributed by atoms with Gasteiger partial charge in [-0.15, -0.1) is 0 Å². The van der Waals surface area contributed by atoms with Crippen LogP contribution in [0.1, 0.15) is 0 Å². The summed E-state index contributed by atoms with van der Waals surface area (Å²) >= 11 is 13.6. The quantitative estimate of drug-likeness (QED) is 0.649. The van der Waals surface area contributed by atoms with Crippen LogP contribution in [0.15, 0.2) is 71.0 Å². The smallest absolute Gasteiger partial charge is 0.0992 e. The van der Waals surface area contributed by atoms with Crippen LogP contribution in [0.2, 0.25) is 10.0 Å². The van der Waals surface area contributed by atoms with Crippen molar-refractivity contribution < 1.29 is 0 Å². The summed E-state index contributed by atoms with van der Waals surface area (Å²) < 4.78 is 1.99. The van der Waals surface area contributed by atoms with Crippen LogP contribution in [0.5, 0.6) is 0 Å². The zero-order valence-electron chi connectivity index (χ0n) is 10.3. The van der Waals surface area contributed by atoms with Gasteiger partial charge in [-0.05, 0) is 30.3 Å².